The van der Waals surface area contributed by atoms with Crippen LogP contribution in [0.5, 0.6) is 0 Å². The van der Waals surface area contributed by atoms with Crippen molar-refractivity contribution in [3.8, 4) is 0 Å². The van der Waals surface area contributed by atoms with Crippen LogP contribution in [0.2, 0.25) is 0 Å². The lowest BCUT2D eigenvalue weighted by Gasteiger charge is -2.18. The third-order valence-electron chi connectivity index (χ3n) is 4.81. The van der Waals surface area contributed by atoms with Crippen LogP contribution in [0.25, 0.3) is 0 Å². The molecule has 1 fully saturated rings. The molecule has 0 aliphatic carbocycles. The number of hydrogen-bond acceptors (Lipinski definition) is 5. The van der Waals surface area contributed by atoms with Crippen molar-refractivity contribution in [2.75, 3.05) is 35.2 Å². The molecule has 0 atom stereocenters. The average molecular weight is 359 g/mol. The number of benzene rings is 2. The fraction of sp³-hybridized carbons (Fsp3) is 0.273. The minimum Gasteiger partial charge on any atom is -0.372 e. The topological polar surface area (TPSA) is 53.1 Å². The van der Waals surface area contributed by atoms with E-state index in [1.165, 1.54) is 24.1 Å². The molecule has 0 bridgehead atoms. The van der Waals surface area contributed by atoms with Crippen molar-refractivity contribution in [3.05, 3.63) is 72.4 Å². The molecule has 27 heavy (non-hydrogen) atoms. The molecule has 5 nitrogen and oxygen atoms in total. The summed E-state index contributed by atoms with van der Waals surface area (Å²) in [7, 11) is 0. The van der Waals surface area contributed by atoms with Gasteiger partial charge in [-0.25, -0.2) is 4.98 Å². The summed E-state index contributed by atoms with van der Waals surface area (Å²) in [4.78, 5) is 11.3. The molecular weight excluding hydrogens is 334 g/mol. The molecule has 1 saturated heterocycles. The number of anilines is 4. The van der Waals surface area contributed by atoms with E-state index in [-0.39, 0.29) is 0 Å². The highest BCUT2D eigenvalue weighted by atomic mass is 15.1. The fourth-order valence-corrected chi connectivity index (χ4v) is 3.36. The highest BCUT2D eigenvalue weighted by Gasteiger charge is 2.11. The zero-order valence-corrected chi connectivity index (χ0v) is 15.4. The van der Waals surface area contributed by atoms with Gasteiger partial charge in [0.2, 0.25) is 5.95 Å². The molecule has 138 valence electrons. The van der Waals surface area contributed by atoms with Gasteiger partial charge in [0, 0.05) is 37.2 Å². The van der Waals surface area contributed by atoms with Crippen molar-refractivity contribution < 1.29 is 0 Å². The van der Waals surface area contributed by atoms with E-state index in [2.05, 4.69) is 74.0 Å². The van der Waals surface area contributed by atoms with Crippen LogP contribution in [-0.4, -0.2) is 29.6 Å². The molecule has 2 N–H and O–H groups in total. The summed E-state index contributed by atoms with van der Waals surface area (Å²) < 4.78 is 0. The van der Waals surface area contributed by atoms with Gasteiger partial charge >= 0.3 is 0 Å². The van der Waals surface area contributed by atoms with Gasteiger partial charge in [0.15, 0.2) is 0 Å². The summed E-state index contributed by atoms with van der Waals surface area (Å²) in [5.74, 6) is 1.44. The average Bonchev–Trinajstić information content (AvgIpc) is 3.25. The molecule has 1 aliphatic rings. The van der Waals surface area contributed by atoms with Crippen molar-refractivity contribution in [2.24, 2.45) is 0 Å². The van der Waals surface area contributed by atoms with E-state index in [1.807, 2.05) is 12.1 Å². The SMILES string of the molecule is c1ccc(CCNc2nccc(Nc3ccc(N4CCCC4)cc3)n2)cc1. The van der Waals surface area contributed by atoms with Gasteiger partial charge < -0.3 is 15.5 Å². The van der Waals surface area contributed by atoms with Crippen molar-refractivity contribution in [1.82, 2.24) is 9.97 Å². The maximum absolute atomic E-state index is 4.56. The Bertz CT molecular complexity index is 842. The van der Waals surface area contributed by atoms with E-state index >= 15 is 0 Å². The molecule has 3 aromatic rings. The molecule has 2 heterocycles. The van der Waals surface area contributed by atoms with Crippen LogP contribution in [0.1, 0.15) is 18.4 Å². The van der Waals surface area contributed by atoms with Crippen LogP contribution < -0.4 is 15.5 Å². The van der Waals surface area contributed by atoms with Crippen LogP contribution in [-0.2, 0) is 6.42 Å². The van der Waals surface area contributed by atoms with Gasteiger partial charge in [-0.3, -0.25) is 0 Å². The largest absolute Gasteiger partial charge is 0.372 e. The standard InChI is InChI=1S/C22H25N5/c1-2-6-18(7-3-1)12-14-23-22-24-15-13-21(26-22)25-19-8-10-20(11-9-19)27-16-4-5-17-27/h1-3,6-11,13,15H,4-5,12,14,16-17H2,(H2,23,24,25,26). The third-order valence-corrected chi connectivity index (χ3v) is 4.81. The smallest absolute Gasteiger partial charge is 0.224 e. The van der Waals surface area contributed by atoms with E-state index in [1.54, 1.807) is 6.20 Å². The van der Waals surface area contributed by atoms with Crippen molar-refractivity contribution in [1.29, 1.82) is 0 Å². The number of nitrogens with one attached hydrogen (secondary N) is 2. The Labute approximate surface area is 160 Å². The number of rotatable bonds is 7. The molecule has 4 rings (SSSR count). The Morgan fingerprint density at radius 2 is 1.67 bits per heavy atom. The first-order chi connectivity index (χ1) is 13.4. The molecule has 1 aliphatic heterocycles. The first-order valence-corrected chi connectivity index (χ1v) is 9.60. The van der Waals surface area contributed by atoms with Gasteiger partial charge in [0.05, 0.1) is 0 Å². The van der Waals surface area contributed by atoms with Gasteiger partial charge in [-0.05, 0) is 55.2 Å². The molecule has 0 saturated carbocycles. The summed E-state index contributed by atoms with van der Waals surface area (Å²) in [5.41, 5.74) is 3.63. The Morgan fingerprint density at radius 1 is 0.889 bits per heavy atom. The second-order valence-electron chi connectivity index (χ2n) is 6.79. The first-order valence-electron chi connectivity index (χ1n) is 9.60. The third kappa shape index (κ3) is 4.76. The summed E-state index contributed by atoms with van der Waals surface area (Å²) in [6.45, 7) is 3.13. The van der Waals surface area contributed by atoms with E-state index in [4.69, 9.17) is 0 Å². The lowest BCUT2D eigenvalue weighted by atomic mass is 10.1. The quantitative estimate of drug-likeness (QED) is 0.652. The highest BCUT2D eigenvalue weighted by Crippen LogP contribution is 2.23. The number of aromatic nitrogens is 2. The predicted octanol–water partition coefficient (Wildman–Crippen LogP) is 4.48. The molecule has 0 radical (unpaired) electrons. The number of hydrogen-bond donors (Lipinski definition) is 2. The summed E-state index contributed by atoms with van der Waals surface area (Å²) >= 11 is 0. The van der Waals surface area contributed by atoms with Gasteiger partial charge in [-0.2, -0.15) is 4.98 Å². The predicted molar refractivity (Wildman–Crippen MR) is 112 cm³/mol. The molecule has 2 aromatic carbocycles. The summed E-state index contributed by atoms with van der Waals surface area (Å²) in [6.07, 6.45) is 5.31. The molecule has 0 amide bonds. The maximum Gasteiger partial charge on any atom is 0.224 e. The molecular formula is C22H25N5. The Hall–Kier alpha value is -3.08. The second kappa shape index (κ2) is 8.54. The van der Waals surface area contributed by atoms with Gasteiger partial charge in [0.25, 0.3) is 0 Å². The van der Waals surface area contributed by atoms with Crippen LogP contribution >= 0.6 is 0 Å². The molecule has 0 spiro atoms. The normalized spacial score (nSPS) is 13.6. The summed E-state index contributed by atoms with van der Waals surface area (Å²) in [6, 6.07) is 20.9. The fourth-order valence-electron chi connectivity index (χ4n) is 3.36. The van der Waals surface area contributed by atoms with E-state index in [9.17, 15) is 0 Å². The molecule has 1 aromatic heterocycles. The number of nitrogens with zero attached hydrogens (tertiary/aromatic N) is 3. The Balaban J connectivity index is 1.33. The highest BCUT2D eigenvalue weighted by molar-refractivity contribution is 5.61. The lowest BCUT2D eigenvalue weighted by Crippen LogP contribution is -2.17. The van der Waals surface area contributed by atoms with Crippen molar-refractivity contribution in [2.45, 2.75) is 19.3 Å². The van der Waals surface area contributed by atoms with Gasteiger partial charge in [-0.1, -0.05) is 30.3 Å². The van der Waals surface area contributed by atoms with Gasteiger partial charge in [0.1, 0.15) is 5.82 Å². The van der Waals surface area contributed by atoms with Crippen LogP contribution in [0.3, 0.4) is 0 Å². The Kier molecular flexibility index (Phi) is 5.48. The molecule has 5 heteroatoms. The minimum atomic E-state index is 0.643. The van der Waals surface area contributed by atoms with Crippen molar-refractivity contribution in [3.63, 3.8) is 0 Å². The first kappa shape index (κ1) is 17.3. The van der Waals surface area contributed by atoms with Crippen molar-refractivity contribution >= 4 is 23.1 Å². The lowest BCUT2D eigenvalue weighted by molar-refractivity contribution is 0.949. The van der Waals surface area contributed by atoms with E-state index in [0.717, 1.165) is 37.6 Å². The Morgan fingerprint density at radius 3 is 2.44 bits per heavy atom. The second-order valence-corrected chi connectivity index (χ2v) is 6.79. The summed E-state index contributed by atoms with van der Waals surface area (Å²) in [5, 5.41) is 6.66. The zero-order valence-electron chi connectivity index (χ0n) is 15.4. The van der Waals surface area contributed by atoms with E-state index < -0.39 is 0 Å². The van der Waals surface area contributed by atoms with Gasteiger partial charge in [-0.15, -0.1) is 0 Å². The minimum absolute atomic E-state index is 0.643. The van der Waals surface area contributed by atoms with Crippen LogP contribution in [0.4, 0.5) is 23.1 Å². The maximum atomic E-state index is 4.56. The van der Waals surface area contributed by atoms with Crippen LogP contribution in [0, 0.1) is 0 Å². The monoisotopic (exact) mass is 359 g/mol. The molecule has 0 unspecified atom stereocenters. The zero-order chi connectivity index (χ0) is 18.3. The van der Waals surface area contributed by atoms with E-state index in [0.29, 0.717) is 5.95 Å². The van der Waals surface area contributed by atoms with Crippen LogP contribution in [0.15, 0.2) is 66.9 Å².